The van der Waals surface area contributed by atoms with Crippen molar-refractivity contribution in [2.24, 2.45) is 4.99 Å². The standard InChI is InChI=1S/C35H42ClN7O/c1-4-14-39-34-27(5-2)19-29(23-41-16-15-38-25(41)3)32-21-30(36)13-12-28(32)20-33(34)42-17-18-43(24-42)35(44)40-31-10-6-8-26(22-37)9-7-11-31/h8,10,12-16,19,21,33H,4-7,9,11,17-18,20,23-24H2,1-3H3,(H,40,44)/b26-8?,29-19-,31-10+,34-27+,39-14?. The maximum absolute atomic E-state index is 13.4. The van der Waals surface area contributed by atoms with Gasteiger partial charge in [0.05, 0.1) is 24.5 Å². The molecule has 8 nitrogen and oxygen atoms in total. The van der Waals surface area contributed by atoms with Crippen molar-refractivity contribution in [1.29, 1.82) is 5.26 Å². The van der Waals surface area contributed by atoms with Crippen LogP contribution in [0, 0.1) is 18.3 Å². The third-order valence-corrected chi connectivity index (χ3v) is 8.89. The molecule has 1 N–H and O–H groups in total. The van der Waals surface area contributed by atoms with E-state index in [2.05, 4.69) is 57.9 Å². The molecule has 1 unspecified atom stereocenters. The number of benzene rings is 1. The number of hydrogen-bond acceptors (Lipinski definition) is 5. The molecule has 9 heteroatoms. The van der Waals surface area contributed by atoms with Gasteiger partial charge in [-0.15, -0.1) is 0 Å². The average molecular weight is 612 g/mol. The van der Waals surface area contributed by atoms with Gasteiger partial charge in [0.2, 0.25) is 0 Å². The quantitative estimate of drug-likeness (QED) is 0.336. The first kappa shape index (κ1) is 31.5. The lowest BCUT2D eigenvalue weighted by Crippen LogP contribution is -2.42. The summed E-state index contributed by atoms with van der Waals surface area (Å²) in [7, 11) is 0. The summed E-state index contributed by atoms with van der Waals surface area (Å²) in [6.07, 6.45) is 17.6. The average Bonchev–Trinajstić information content (AvgIpc) is 3.65. The number of aromatic nitrogens is 2. The van der Waals surface area contributed by atoms with E-state index in [0.29, 0.717) is 31.2 Å². The van der Waals surface area contributed by atoms with E-state index >= 15 is 0 Å². The summed E-state index contributed by atoms with van der Waals surface area (Å²) in [5, 5.41) is 13.1. The highest BCUT2D eigenvalue weighted by Crippen LogP contribution is 2.35. The van der Waals surface area contributed by atoms with Crippen LogP contribution in [0.1, 0.15) is 69.3 Å². The van der Waals surface area contributed by atoms with E-state index in [1.165, 1.54) is 16.7 Å². The smallest absolute Gasteiger partial charge is 0.322 e. The molecule has 44 heavy (non-hydrogen) atoms. The van der Waals surface area contributed by atoms with E-state index in [1.807, 2.05) is 48.7 Å². The number of carbonyl (C=O) groups is 1. The molecule has 1 aromatic carbocycles. The number of fused-ring (bicyclic) bond motifs is 1. The van der Waals surface area contributed by atoms with Crippen LogP contribution in [-0.4, -0.2) is 57.4 Å². The molecule has 5 rings (SSSR count). The predicted molar refractivity (Wildman–Crippen MR) is 177 cm³/mol. The Morgan fingerprint density at radius 1 is 1.25 bits per heavy atom. The molecule has 1 aromatic heterocycles. The number of allylic oxidation sites excluding steroid dienone is 7. The van der Waals surface area contributed by atoms with E-state index in [1.54, 1.807) is 0 Å². The Morgan fingerprint density at radius 3 is 2.86 bits per heavy atom. The van der Waals surface area contributed by atoms with Crippen LogP contribution < -0.4 is 5.32 Å². The Kier molecular flexibility index (Phi) is 10.5. The Hall–Kier alpha value is -3.93. The van der Waals surface area contributed by atoms with Gasteiger partial charge in [0.15, 0.2) is 0 Å². The zero-order chi connectivity index (χ0) is 31.1. The highest BCUT2D eigenvalue weighted by atomic mass is 35.5. The number of aliphatic imine (C=N–C) groups is 1. The summed E-state index contributed by atoms with van der Waals surface area (Å²) in [6, 6.07) is 8.40. The van der Waals surface area contributed by atoms with Crippen LogP contribution in [-0.2, 0) is 13.0 Å². The van der Waals surface area contributed by atoms with Crippen LogP contribution in [0.4, 0.5) is 4.79 Å². The van der Waals surface area contributed by atoms with Gasteiger partial charge in [0.1, 0.15) is 5.82 Å². The van der Waals surface area contributed by atoms with E-state index in [0.717, 1.165) is 73.4 Å². The van der Waals surface area contributed by atoms with Crippen LogP contribution in [0.3, 0.4) is 0 Å². The maximum atomic E-state index is 13.4. The fraction of sp³-hybridized carbons (Fsp3) is 0.429. The number of amides is 2. The fourth-order valence-electron chi connectivity index (χ4n) is 6.21. The summed E-state index contributed by atoms with van der Waals surface area (Å²) in [4.78, 5) is 27.2. The number of nitriles is 1. The normalized spacial score (nSPS) is 23.8. The number of carbonyl (C=O) groups excluding carboxylic acids is 1. The molecule has 2 aliphatic carbocycles. The molecule has 0 saturated carbocycles. The lowest BCUT2D eigenvalue weighted by atomic mass is 9.87. The molecule has 1 saturated heterocycles. The zero-order valence-electron chi connectivity index (χ0n) is 26.0. The highest BCUT2D eigenvalue weighted by Gasteiger charge is 2.34. The van der Waals surface area contributed by atoms with E-state index in [4.69, 9.17) is 16.6 Å². The molecule has 0 bridgehead atoms. The predicted octanol–water partition coefficient (Wildman–Crippen LogP) is 7.19. The van der Waals surface area contributed by atoms with Gasteiger partial charge in [-0.05, 0) is 86.3 Å². The first-order chi connectivity index (χ1) is 21.4. The lowest BCUT2D eigenvalue weighted by Gasteiger charge is -2.32. The molecule has 1 atom stereocenters. The number of imidazole rings is 1. The molecule has 2 amide bonds. The second-order valence-electron chi connectivity index (χ2n) is 11.6. The third-order valence-electron chi connectivity index (χ3n) is 8.65. The molecule has 0 spiro atoms. The van der Waals surface area contributed by atoms with Crippen molar-refractivity contribution >= 4 is 29.4 Å². The number of urea groups is 1. The highest BCUT2D eigenvalue weighted by molar-refractivity contribution is 6.30. The first-order valence-corrected chi connectivity index (χ1v) is 16.1. The third kappa shape index (κ3) is 7.40. The summed E-state index contributed by atoms with van der Waals surface area (Å²) < 4.78 is 2.17. The van der Waals surface area contributed by atoms with Crippen molar-refractivity contribution in [1.82, 2.24) is 24.7 Å². The summed E-state index contributed by atoms with van der Waals surface area (Å²) in [5.41, 5.74) is 7.59. The van der Waals surface area contributed by atoms with E-state index in [9.17, 15) is 10.1 Å². The lowest BCUT2D eigenvalue weighted by molar-refractivity contribution is 0.188. The van der Waals surface area contributed by atoms with Gasteiger partial charge in [-0.1, -0.05) is 49.7 Å². The summed E-state index contributed by atoms with van der Waals surface area (Å²) >= 11 is 6.58. The van der Waals surface area contributed by atoms with E-state index in [-0.39, 0.29) is 12.1 Å². The Morgan fingerprint density at radius 2 is 2.11 bits per heavy atom. The fourth-order valence-corrected chi connectivity index (χ4v) is 6.39. The van der Waals surface area contributed by atoms with Crippen molar-refractivity contribution in [3.63, 3.8) is 0 Å². The number of hydrogen-bond donors (Lipinski definition) is 1. The minimum Gasteiger partial charge on any atom is -0.331 e. The van der Waals surface area contributed by atoms with Gasteiger partial charge >= 0.3 is 6.03 Å². The topological polar surface area (TPSA) is 89.6 Å². The van der Waals surface area contributed by atoms with Gasteiger partial charge in [0.25, 0.3) is 0 Å². The van der Waals surface area contributed by atoms with Crippen LogP contribution >= 0.6 is 11.6 Å². The molecule has 2 heterocycles. The minimum atomic E-state index is -0.0713. The van der Waals surface area contributed by atoms with Gasteiger partial charge in [-0.3, -0.25) is 9.89 Å². The molecule has 1 fully saturated rings. The minimum absolute atomic E-state index is 0.00778. The second-order valence-corrected chi connectivity index (χ2v) is 12.0. The summed E-state index contributed by atoms with van der Waals surface area (Å²) in [5.74, 6) is 0.967. The molecule has 0 radical (unpaired) electrons. The number of nitrogens with zero attached hydrogens (tertiary/aromatic N) is 6. The second kappa shape index (κ2) is 14.7. The van der Waals surface area contributed by atoms with Gasteiger partial charge in [-0.25, -0.2) is 9.78 Å². The van der Waals surface area contributed by atoms with Crippen LogP contribution in [0.2, 0.25) is 5.02 Å². The van der Waals surface area contributed by atoms with Crippen LogP contribution in [0.25, 0.3) is 5.57 Å². The molecule has 230 valence electrons. The Bertz CT molecular complexity index is 1570. The van der Waals surface area contributed by atoms with Crippen LogP contribution in [0.15, 0.2) is 76.4 Å². The molecule has 1 aliphatic heterocycles. The summed E-state index contributed by atoms with van der Waals surface area (Å²) in [6.45, 7) is 8.95. The maximum Gasteiger partial charge on any atom is 0.322 e. The van der Waals surface area contributed by atoms with Crippen molar-refractivity contribution in [3.05, 3.63) is 93.3 Å². The molecule has 3 aliphatic rings. The molecule has 2 aromatic rings. The van der Waals surface area contributed by atoms with Crippen molar-refractivity contribution in [3.8, 4) is 6.07 Å². The largest absolute Gasteiger partial charge is 0.331 e. The number of aryl methyl sites for hydroxylation is 1. The van der Waals surface area contributed by atoms with Gasteiger partial charge in [0, 0.05) is 54.5 Å². The Balaban J connectivity index is 1.45. The van der Waals surface area contributed by atoms with Crippen molar-refractivity contribution in [2.75, 3.05) is 19.8 Å². The monoisotopic (exact) mass is 611 g/mol. The first-order valence-electron chi connectivity index (χ1n) is 15.7. The SMILES string of the molecule is CCC=N/C1=C(CC)/C=C(/Cn2ccnc2C)c2cc(Cl)ccc2CC1N1CCN(C(=O)N/C2=C/CC=C(C#N)CCC2)C1. The Labute approximate surface area is 266 Å². The number of halogens is 1. The number of nitrogens with one attached hydrogen (secondary N) is 1. The van der Waals surface area contributed by atoms with Crippen molar-refractivity contribution in [2.45, 2.75) is 78.3 Å². The van der Waals surface area contributed by atoms with E-state index < -0.39 is 0 Å². The van der Waals surface area contributed by atoms with Crippen LogP contribution in [0.5, 0.6) is 0 Å². The molecular weight excluding hydrogens is 570 g/mol. The zero-order valence-corrected chi connectivity index (χ0v) is 26.8. The van der Waals surface area contributed by atoms with Gasteiger partial charge in [-0.2, -0.15) is 5.26 Å². The van der Waals surface area contributed by atoms with Gasteiger partial charge < -0.3 is 14.8 Å². The number of rotatable bonds is 7. The molecular formula is C35H42ClN7O. The van der Waals surface area contributed by atoms with Crippen molar-refractivity contribution < 1.29 is 4.79 Å².